The summed E-state index contributed by atoms with van der Waals surface area (Å²) in [5, 5.41) is 0. The second kappa shape index (κ2) is 17.0. The predicted octanol–water partition coefficient (Wildman–Crippen LogP) is 4.95. The maximum Gasteiger partial charge on any atom is 0.247 e. The number of rotatable bonds is 15. The molecule has 0 spiro atoms. The lowest BCUT2D eigenvalue weighted by molar-refractivity contribution is -0.203. The predicted molar refractivity (Wildman–Crippen MR) is 165 cm³/mol. The van der Waals surface area contributed by atoms with Gasteiger partial charge in [0, 0.05) is 13.0 Å². The number of nitrogens with one attached hydrogen (secondary N) is 2. The monoisotopic (exact) mass is 597 g/mol. The molecule has 1 unspecified atom stereocenters. The number of carbonyl (C=O) groups excluding carboxylic acids is 2. The minimum absolute atomic E-state index is 0.0569. The molecule has 1 aliphatic heterocycles. The lowest BCUT2D eigenvalue weighted by Gasteiger charge is -2.29. The highest BCUT2D eigenvalue weighted by Crippen LogP contribution is 2.26. The lowest BCUT2D eigenvalue weighted by Crippen LogP contribution is -2.51. The van der Waals surface area contributed by atoms with Crippen molar-refractivity contribution in [2.45, 2.75) is 52.2 Å². The van der Waals surface area contributed by atoms with Crippen molar-refractivity contribution in [1.82, 2.24) is 15.3 Å². The molecule has 0 radical (unpaired) electrons. The van der Waals surface area contributed by atoms with Gasteiger partial charge >= 0.3 is 0 Å². The number of benzene rings is 2. The number of amides is 2. The molecule has 0 saturated carbocycles. The maximum atomic E-state index is 13.7. The van der Waals surface area contributed by atoms with Gasteiger partial charge < -0.3 is 4.74 Å². The number of nitrogens with zero attached hydrogens (tertiary/aromatic N) is 1. The normalized spacial score (nSPS) is 17.5. The third-order valence-corrected chi connectivity index (χ3v) is 7.87. The Morgan fingerprint density at radius 3 is 2.12 bits per heavy atom. The first-order chi connectivity index (χ1) is 20.1. The zero-order chi connectivity index (χ0) is 30.4. The van der Waals surface area contributed by atoms with Gasteiger partial charge in [-0.25, -0.2) is 18.7 Å². The van der Waals surface area contributed by atoms with E-state index in [0.29, 0.717) is 19.4 Å². The molecule has 9 nitrogen and oxygen atoms in total. The van der Waals surface area contributed by atoms with Crippen molar-refractivity contribution in [2.24, 2.45) is 17.8 Å². The van der Waals surface area contributed by atoms with Crippen LogP contribution in [0.2, 0.25) is 0 Å². The molecule has 0 aliphatic carbocycles. The van der Waals surface area contributed by atoms with Crippen LogP contribution in [-0.2, 0) is 29.2 Å². The van der Waals surface area contributed by atoms with E-state index in [-0.39, 0.29) is 18.9 Å². The number of hydrogen-bond donors (Lipinski definition) is 2. The van der Waals surface area contributed by atoms with Crippen molar-refractivity contribution in [3.05, 3.63) is 83.9 Å². The van der Waals surface area contributed by atoms with Crippen LogP contribution in [0.5, 0.6) is 0 Å². The molecule has 0 aromatic heterocycles. The van der Waals surface area contributed by atoms with Crippen molar-refractivity contribution in [3.63, 3.8) is 0 Å². The Kier molecular flexibility index (Phi) is 13.4. The van der Waals surface area contributed by atoms with E-state index in [0.717, 1.165) is 34.6 Å². The van der Waals surface area contributed by atoms with Crippen molar-refractivity contribution < 1.29 is 27.6 Å². The van der Waals surface area contributed by atoms with Crippen LogP contribution in [-0.4, -0.2) is 50.3 Å². The van der Waals surface area contributed by atoms with Crippen LogP contribution < -0.4 is 10.9 Å². The average molecular weight is 598 g/mol. The molecule has 10 heteroatoms. The summed E-state index contributed by atoms with van der Waals surface area (Å²) in [6, 6.07) is 19.1. The van der Waals surface area contributed by atoms with Gasteiger partial charge in [0.25, 0.3) is 0 Å². The minimum Gasteiger partial charge on any atom is -0.350 e. The highest BCUT2D eigenvalue weighted by atomic mass is 32.2. The fraction of sp³-hybridized carbons (Fsp3) is 0.438. The van der Waals surface area contributed by atoms with Crippen LogP contribution in [0.4, 0.5) is 0 Å². The van der Waals surface area contributed by atoms with Gasteiger partial charge in [0.05, 0.1) is 24.6 Å². The smallest absolute Gasteiger partial charge is 0.247 e. The Labute approximate surface area is 249 Å². The highest BCUT2D eigenvalue weighted by Gasteiger charge is 2.36. The number of allylic oxidation sites excluding steroid dienone is 1. The molecule has 3 atom stereocenters. The summed E-state index contributed by atoms with van der Waals surface area (Å²) in [7, 11) is -3.81. The largest absolute Gasteiger partial charge is 0.350 e. The summed E-state index contributed by atoms with van der Waals surface area (Å²) in [4.78, 5) is 32.8. The van der Waals surface area contributed by atoms with Crippen molar-refractivity contribution in [1.29, 1.82) is 0 Å². The van der Waals surface area contributed by atoms with E-state index >= 15 is 0 Å². The number of hydroxylamine groups is 1. The Balaban J connectivity index is 1.81. The number of hydrogen-bond acceptors (Lipinski definition) is 6. The van der Waals surface area contributed by atoms with E-state index in [1.807, 2.05) is 86.7 Å². The topological polar surface area (TPSA) is 114 Å². The van der Waals surface area contributed by atoms with Crippen LogP contribution in [0.3, 0.4) is 0 Å². The lowest BCUT2D eigenvalue weighted by atomic mass is 9.82. The Bertz CT molecular complexity index is 1280. The summed E-state index contributed by atoms with van der Waals surface area (Å²) < 4.78 is 31.7. The van der Waals surface area contributed by atoms with E-state index < -0.39 is 40.0 Å². The molecule has 1 saturated heterocycles. The Morgan fingerprint density at radius 2 is 1.57 bits per heavy atom. The molecule has 1 heterocycles. The van der Waals surface area contributed by atoms with Crippen LogP contribution in [0.25, 0.3) is 12.2 Å². The van der Waals surface area contributed by atoms with Gasteiger partial charge in [-0.05, 0) is 42.7 Å². The Morgan fingerprint density at radius 1 is 0.952 bits per heavy atom. The summed E-state index contributed by atoms with van der Waals surface area (Å²) in [6.07, 6.45) is 10.8. The zero-order valence-electron chi connectivity index (χ0n) is 24.6. The molecule has 42 heavy (non-hydrogen) atoms. The molecule has 0 bridgehead atoms. The van der Waals surface area contributed by atoms with Crippen molar-refractivity contribution in [2.75, 3.05) is 19.4 Å². The van der Waals surface area contributed by atoms with Gasteiger partial charge in [0.2, 0.25) is 21.8 Å². The first kappa shape index (κ1) is 33.2. The first-order valence-corrected chi connectivity index (χ1v) is 16.3. The van der Waals surface area contributed by atoms with E-state index in [2.05, 4.69) is 10.9 Å². The third-order valence-electron chi connectivity index (χ3n) is 6.83. The zero-order valence-corrected chi connectivity index (χ0v) is 25.5. The molecule has 2 N–H and O–H groups in total. The average Bonchev–Trinajstić information content (AvgIpc) is 2.97. The molecule has 1 aliphatic rings. The molecule has 228 valence electrons. The van der Waals surface area contributed by atoms with Crippen LogP contribution >= 0.6 is 0 Å². The van der Waals surface area contributed by atoms with E-state index in [1.165, 1.54) is 0 Å². The van der Waals surface area contributed by atoms with Crippen LogP contribution in [0.15, 0.2) is 72.8 Å². The van der Waals surface area contributed by atoms with Crippen LogP contribution in [0.1, 0.15) is 57.1 Å². The fourth-order valence-corrected chi connectivity index (χ4v) is 5.27. The SMILES string of the molecule is CC(C)C[C@@H](C(=O)NN(C/C=C/c1ccccc1)S(C)(=O)=O)[C@H](CC=Cc1ccccc1)C(=O)NOC1CCCCO1. The number of hydrazine groups is 1. The molecule has 3 rings (SSSR count). The standard InChI is InChI=1S/C32H43N3O6S/c1-25(2)24-29(31(36)33-35(42(3,38)39)22-13-19-27-16-8-5-9-17-27)28(20-12-18-26-14-6-4-7-15-26)32(37)34-41-30-21-10-11-23-40-30/h4-9,12-19,25,28-30H,10-11,20-24H2,1-3H3,(H,33,36)(H,34,37)/b18-12?,19-13+/t28-,29+,30?/m0/s1. The van der Waals surface area contributed by atoms with Gasteiger partial charge in [0.15, 0.2) is 6.29 Å². The van der Waals surface area contributed by atoms with Crippen molar-refractivity contribution >= 4 is 34.0 Å². The molecule has 1 fully saturated rings. The Hall–Kier alpha value is -3.31. The summed E-state index contributed by atoms with van der Waals surface area (Å²) in [5.74, 6) is -2.61. The molecule has 2 aromatic carbocycles. The molecule has 2 amide bonds. The third kappa shape index (κ3) is 11.5. The summed E-state index contributed by atoms with van der Waals surface area (Å²) >= 11 is 0. The van der Waals surface area contributed by atoms with E-state index in [9.17, 15) is 18.0 Å². The van der Waals surface area contributed by atoms with E-state index in [4.69, 9.17) is 9.57 Å². The minimum atomic E-state index is -3.81. The summed E-state index contributed by atoms with van der Waals surface area (Å²) in [6.45, 7) is 4.40. The van der Waals surface area contributed by atoms with E-state index in [1.54, 1.807) is 12.2 Å². The number of ether oxygens (including phenoxy) is 1. The van der Waals surface area contributed by atoms with Crippen LogP contribution in [0, 0.1) is 17.8 Å². The maximum absolute atomic E-state index is 13.7. The first-order valence-electron chi connectivity index (χ1n) is 14.4. The second-order valence-electron chi connectivity index (χ2n) is 10.9. The van der Waals surface area contributed by atoms with Gasteiger partial charge in [-0.15, -0.1) is 4.41 Å². The fourth-order valence-electron chi connectivity index (χ4n) is 4.65. The van der Waals surface area contributed by atoms with Crippen molar-refractivity contribution in [3.8, 4) is 0 Å². The second-order valence-corrected chi connectivity index (χ2v) is 12.8. The highest BCUT2D eigenvalue weighted by molar-refractivity contribution is 7.88. The molecular weight excluding hydrogens is 554 g/mol. The quantitative estimate of drug-likeness (QED) is 0.281. The van der Waals surface area contributed by atoms with Gasteiger partial charge in [-0.1, -0.05) is 98.8 Å². The summed E-state index contributed by atoms with van der Waals surface area (Å²) in [5.41, 5.74) is 6.97. The molecule has 2 aromatic rings. The van der Waals surface area contributed by atoms with Gasteiger partial charge in [-0.3, -0.25) is 15.0 Å². The number of carbonyl (C=O) groups is 2. The van der Waals surface area contributed by atoms with Gasteiger partial charge in [-0.2, -0.15) is 0 Å². The van der Waals surface area contributed by atoms with Gasteiger partial charge in [0.1, 0.15) is 0 Å². The molecular formula is C32H43N3O6S. The number of sulfonamides is 1.